The number of hydrogen-bond acceptors (Lipinski definition) is 7. The lowest BCUT2D eigenvalue weighted by Crippen LogP contribution is -2.28. The van der Waals surface area contributed by atoms with Crippen molar-refractivity contribution in [1.82, 2.24) is 9.78 Å². The second-order valence-electron chi connectivity index (χ2n) is 8.30. The van der Waals surface area contributed by atoms with Crippen LogP contribution in [0.1, 0.15) is 28.5 Å². The van der Waals surface area contributed by atoms with Gasteiger partial charge in [-0.2, -0.15) is 16.4 Å². The first kappa shape index (κ1) is 22.4. The number of benzene rings is 1. The molecule has 0 fully saturated rings. The van der Waals surface area contributed by atoms with Crippen LogP contribution in [0.4, 0.5) is 0 Å². The van der Waals surface area contributed by atoms with E-state index in [1.54, 1.807) is 29.2 Å². The molecule has 2 aromatic heterocycles. The van der Waals surface area contributed by atoms with E-state index in [-0.39, 0.29) is 12.4 Å². The van der Waals surface area contributed by atoms with E-state index in [0.29, 0.717) is 28.6 Å². The molecule has 170 valence electrons. The molecule has 3 heterocycles. The quantitative estimate of drug-likeness (QED) is 0.322. The molecule has 0 spiro atoms. The Labute approximate surface area is 192 Å². The van der Waals surface area contributed by atoms with Crippen LogP contribution >= 0.6 is 21.4 Å². The lowest BCUT2D eigenvalue weighted by atomic mass is 9.98. The van der Waals surface area contributed by atoms with Crippen LogP contribution in [0.15, 0.2) is 34.0 Å². The third kappa shape index (κ3) is 3.89. The number of methoxy groups -OCH3 is 1. The smallest absolute Gasteiger partial charge is 0.180 e. The van der Waals surface area contributed by atoms with Gasteiger partial charge in [0.2, 0.25) is 0 Å². The summed E-state index contributed by atoms with van der Waals surface area (Å²) in [7, 11) is 0.435. The SMILES string of the molecule is COc1cc2c(cc1/C(N)=N/C(N)S(C)(C)C)-c1c(c(C(C)=O)nn1-c1ccsc1)CO2. The summed E-state index contributed by atoms with van der Waals surface area (Å²) in [6.45, 7) is 1.75. The highest BCUT2D eigenvalue weighted by Gasteiger charge is 2.30. The number of nitrogens with zero attached hydrogens (tertiary/aromatic N) is 3. The summed E-state index contributed by atoms with van der Waals surface area (Å²) in [6, 6.07) is 5.64. The van der Waals surface area contributed by atoms with E-state index in [1.165, 1.54) is 6.92 Å². The summed E-state index contributed by atoms with van der Waals surface area (Å²) >= 11 is 1.56. The number of nitrogens with two attached hydrogens (primary N) is 2. The molecule has 0 amide bonds. The molecule has 1 aromatic carbocycles. The maximum atomic E-state index is 12.3. The fourth-order valence-electron chi connectivity index (χ4n) is 3.46. The van der Waals surface area contributed by atoms with Crippen LogP contribution in [0.5, 0.6) is 11.5 Å². The predicted octanol–water partition coefficient (Wildman–Crippen LogP) is 3.35. The van der Waals surface area contributed by atoms with Crippen molar-refractivity contribution in [3.63, 3.8) is 0 Å². The van der Waals surface area contributed by atoms with Crippen molar-refractivity contribution in [3.05, 3.63) is 45.8 Å². The van der Waals surface area contributed by atoms with Crippen LogP contribution in [0.2, 0.25) is 0 Å². The van der Waals surface area contributed by atoms with Gasteiger partial charge in [0.25, 0.3) is 0 Å². The average molecular weight is 474 g/mol. The van der Waals surface area contributed by atoms with Gasteiger partial charge in [0.05, 0.1) is 24.1 Å². The Hall–Kier alpha value is -2.82. The van der Waals surface area contributed by atoms with Crippen LogP contribution in [-0.2, 0) is 6.61 Å². The number of fused-ring (bicyclic) bond motifs is 3. The number of amidine groups is 1. The first-order chi connectivity index (χ1) is 15.1. The summed E-state index contributed by atoms with van der Waals surface area (Å²) in [5.74, 6) is 1.34. The third-order valence-corrected chi connectivity index (χ3v) is 7.49. The monoisotopic (exact) mass is 473 g/mol. The highest BCUT2D eigenvalue weighted by molar-refractivity contribution is 8.32. The topological polar surface area (TPSA) is 118 Å². The predicted molar refractivity (Wildman–Crippen MR) is 132 cm³/mol. The van der Waals surface area contributed by atoms with Gasteiger partial charge in [0.15, 0.2) is 5.78 Å². The number of Topliss-reactive ketones (excluding diaryl/α,β-unsaturated/α-hetero) is 1. The highest BCUT2D eigenvalue weighted by Crippen LogP contribution is 2.44. The largest absolute Gasteiger partial charge is 0.496 e. The van der Waals surface area contributed by atoms with Crippen LogP contribution in [-0.4, -0.2) is 52.8 Å². The van der Waals surface area contributed by atoms with E-state index in [4.69, 9.17) is 20.9 Å². The summed E-state index contributed by atoms with van der Waals surface area (Å²) < 4.78 is 13.4. The Balaban J connectivity index is 1.94. The number of aliphatic imine (C=N–C) groups is 1. The highest BCUT2D eigenvalue weighted by atomic mass is 32.3. The lowest BCUT2D eigenvalue weighted by molar-refractivity contribution is 0.101. The molecule has 32 heavy (non-hydrogen) atoms. The van der Waals surface area contributed by atoms with Gasteiger partial charge in [0.1, 0.15) is 35.1 Å². The Morgan fingerprint density at radius 1 is 1.38 bits per heavy atom. The van der Waals surface area contributed by atoms with Gasteiger partial charge in [-0.15, -0.1) is 0 Å². The minimum Gasteiger partial charge on any atom is -0.496 e. The van der Waals surface area contributed by atoms with E-state index < -0.39 is 15.5 Å². The number of thiophene rings is 1. The first-order valence-corrected chi connectivity index (χ1v) is 13.7. The molecule has 0 radical (unpaired) electrons. The Morgan fingerprint density at radius 3 is 2.72 bits per heavy atom. The van der Waals surface area contributed by atoms with Crippen molar-refractivity contribution in [2.45, 2.75) is 19.0 Å². The second kappa shape index (κ2) is 8.27. The van der Waals surface area contributed by atoms with Gasteiger partial charge >= 0.3 is 0 Å². The number of carbonyl (C=O) groups excluding carboxylic acids is 1. The van der Waals surface area contributed by atoms with Gasteiger partial charge in [-0.1, -0.05) is 0 Å². The van der Waals surface area contributed by atoms with Crippen molar-refractivity contribution in [2.75, 3.05) is 25.9 Å². The van der Waals surface area contributed by atoms with Crippen LogP contribution < -0.4 is 20.9 Å². The maximum absolute atomic E-state index is 12.3. The van der Waals surface area contributed by atoms with Crippen LogP contribution in [0.25, 0.3) is 16.9 Å². The van der Waals surface area contributed by atoms with E-state index >= 15 is 0 Å². The number of hydrogen-bond donors (Lipinski definition) is 2. The molecule has 4 rings (SSSR count). The van der Waals surface area contributed by atoms with Crippen LogP contribution in [0, 0.1) is 0 Å². The number of ether oxygens (including phenoxy) is 2. The van der Waals surface area contributed by atoms with E-state index in [2.05, 4.69) is 28.9 Å². The zero-order chi connectivity index (χ0) is 23.2. The Morgan fingerprint density at radius 2 is 2.12 bits per heavy atom. The van der Waals surface area contributed by atoms with E-state index in [1.807, 2.05) is 22.9 Å². The average Bonchev–Trinajstić information content (AvgIpc) is 3.39. The zero-order valence-corrected chi connectivity index (χ0v) is 20.3. The van der Waals surface area contributed by atoms with Crippen LogP contribution in [0.3, 0.4) is 0 Å². The van der Waals surface area contributed by atoms with E-state index in [0.717, 1.165) is 22.5 Å². The molecule has 0 saturated carbocycles. The summed E-state index contributed by atoms with van der Waals surface area (Å²) in [4.78, 5) is 16.9. The normalized spacial score (nSPS) is 14.9. The molecule has 3 aromatic rings. The van der Waals surface area contributed by atoms with Gasteiger partial charge in [0, 0.05) is 29.5 Å². The Kier molecular flexibility index (Phi) is 5.78. The van der Waals surface area contributed by atoms with E-state index in [9.17, 15) is 4.79 Å². The molecule has 0 bridgehead atoms. The van der Waals surface area contributed by atoms with Crippen molar-refractivity contribution in [2.24, 2.45) is 16.5 Å². The van der Waals surface area contributed by atoms with Gasteiger partial charge < -0.3 is 20.9 Å². The summed E-state index contributed by atoms with van der Waals surface area (Å²) in [5.41, 5.74) is 16.5. The van der Waals surface area contributed by atoms with Crippen molar-refractivity contribution in [1.29, 1.82) is 0 Å². The second-order valence-corrected chi connectivity index (χ2v) is 13.4. The molecule has 0 aliphatic carbocycles. The van der Waals surface area contributed by atoms with Gasteiger partial charge in [-0.05, 0) is 36.3 Å². The van der Waals surface area contributed by atoms with Crippen molar-refractivity contribution >= 4 is 33.0 Å². The third-order valence-electron chi connectivity index (χ3n) is 5.26. The van der Waals surface area contributed by atoms with Gasteiger partial charge in [-0.3, -0.25) is 4.79 Å². The number of ketones is 1. The molecule has 8 nitrogen and oxygen atoms in total. The molecule has 1 unspecified atom stereocenters. The fourth-order valence-corrected chi connectivity index (χ4v) is 4.50. The standard InChI is InChI=1S/C22H27N5O3S2/c1-12(28)19-16-10-30-18-9-17(29-2)15(21(23)25-22(24)32(3,4)5)8-14(18)20(16)27(26-19)13-6-7-31-11-13/h6-9,11,22H,10,24H2,1-5H3,(H2,23,25). The Bertz CT molecular complexity index is 1210. The minimum atomic E-state index is -1.14. The molecule has 1 aliphatic rings. The lowest BCUT2D eigenvalue weighted by Gasteiger charge is -2.30. The number of aromatic nitrogens is 2. The first-order valence-electron chi connectivity index (χ1n) is 9.88. The summed E-state index contributed by atoms with van der Waals surface area (Å²) in [5, 5.41) is 8.57. The molecule has 0 saturated heterocycles. The van der Waals surface area contributed by atoms with Crippen molar-refractivity contribution < 1.29 is 14.3 Å². The molecule has 1 atom stereocenters. The summed E-state index contributed by atoms with van der Waals surface area (Å²) in [6.07, 6.45) is 6.25. The number of carbonyl (C=O) groups is 1. The maximum Gasteiger partial charge on any atom is 0.180 e. The molecule has 10 heteroatoms. The number of rotatable bonds is 6. The fraction of sp³-hybridized carbons (Fsp3) is 0.318. The molecule has 1 aliphatic heterocycles. The minimum absolute atomic E-state index is 0.115. The molecular weight excluding hydrogens is 446 g/mol. The zero-order valence-electron chi connectivity index (χ0n) is 18.7. The molecule has 4 N–H and O–H groups in total. The van der Waals surface area contributed by atoms with Crippen molar-refractivity contribution in [3.8, 4) is 28.4 Å². The van der Waals surface area contributed by atoms with Gasteiger partial charge in [-0.25, -0.2) is 19.7 Å². The molecular formula is C22H27N5O3S2.